The van der Waals surface area contributed by atoms with E-state index in [2.05, 4.69) is 10.0 Å². The molecule has 0 atom stereocenters. The maximum atomic E-state index is 13.2. The van der Waals surface area contributed by atoms with Crippen LogP contribution in [0, 0.1) is 0 Å². The summed E-state index contributed by atoms with van der Waals surface area (Å²) in [5, 5.41) is 2.51. The van der Waals surface area contributed by atoms with E-state index in [9.17, 15) is 26.4 Å². The van der Waals surface area contributed by atoms with E-state index < -0.39 is 21.8 Å². The fraction of sp³-hybridized carbons (Fsp3) is 0.316. The Balaban J connectivity index is 1.95. The maximum absolute atomic E-state index is 13.2. The Labute approximate surface area is 171 Å². The third kappa shape index (κ3) is 5.22. The number of hydrogen-bond donors (Lipinski definition) is 2. The first-order chi connectivity index (χ1) is 14.1. The lowest BCUT2D eigenvalue weighted by Gasteiger charge is -2.31. The molecule has 0 aliphatic carbocycles. The second kappa shape index (κ2) is 8.52. The molecule has 0 radical (unpaired) electrons. The average Bonchev–Trinajstić information content (AvgIpc) is 2.67. The molecule has 7 nitrogen and oxygen atoms in total. The number of nitrogens with zero attached hydrogens (tertiary/aromatic N) is 1. The zero-order valence-corrected chi connectivity index (χ0v) is 16.8. The quantitative estimate of drug-likeness (QED) is 0.741. The van der Waals surface area contributed by atoms with E-state index in [0.29, 0.717) is 37.7 Å². The van der Waals surface area contributed by atoms with Gasteiger partial charge in [0.1, 0.15) is 0 Å². The Morgan fingerprint density at radius 2 is 1.70 bits per heavy atom. The van der Waals surface area contributed by atoms with Gasteiger partial charge in [0.05, 0.1) is 35.0 Å². The number of carbonyl (C=O) groups is 1. The van der Waals surface area contributed by atoms with Gasteiger partial charge < -0.3 is 15.0 Å². The Morgan fingerprint density at radius 1 is 1.07 bits per heavy atom. The van der Waals surface area contributed by atoms with Crippen LogP contribution in [-0.4, -0.2) is 40.6 Å². The number of amides is 1. The molecular formula is C19H20F3N3O4S. The molecule has 0 unspecified atom stereocenters. The first-order valence-corrected chi connectivity index (χ1v) is 10.5. The van der Waals surface area contributed by atoms with Crippen molar-refractivity contribution in [1.82, 2.24) is 0 Å². The molecule has 162 valence electrons. The topological polar surface area (TPSA) is 87.7 Å². The van der Waals surface area contributed by atoms with Crippen LogP contribution in [0.1, 0.15) is 12.5 Å². The Morgan fingerprint density at radius 3 is 2.27 bits per heavy atom. The summed E-state index contributed by atoms with van der Waals surface area (Å²) >= 11 is 0. The summed E-state index contributed by atoms with van der Waals surface area (Å²) in [6.07, 6.45) is -4.62. The molecular weight excluding hydrogens is 423 g/mol. The van der Waals surface area contributed by atoms with Crippen molar-refractivity contribution < 1.29 is 31.1 Å². The predicted octanol–water partition coefficient (Wildman–Crippen LogP) is 3.30. The third-order valence-corrected chi connectivity index (χ3v) is 5.79. The van der Waals surface area contributed by atoms with Crippen molar-refractivity contribution in [3.8, 4) is 0 Å². The first kappa shape index (κ1) is 21.9. The number of morpholine rings is 1. The van der Waals surface area contributed by atoms with E-state index in [1.165, 1.54) is 37.3 Å². The molecule has 1 aliphatic heterocycles. The number of nitrogens with one attached hydrogen (secondary N) is 2. The largest absolute Gasteiger partial charge is 0.416 e. The van der Waals surface area contributed by atoms with Crippen LogP contribution in [0.15, 0.2) is 47.4 Å². The summed E-state index contributed by atoms with van der Waals surface area (Å²) in [5.74, 6) is -0.317. The molecule has 3 rings (SSSR count). The minimum Gasteiger partial charge on any atom is -0.378 e. The highest BCUT2D eigenvalue weighted by Crippen LogP contribution is 2.36. The number of rotatable bonds is 5. The smallest absolute Gasteiger partial charge is 0.378 e. The summed E-state index contributed by atoms with van der Waals surface area (Å²) in [4.78, 5) is 12.7. The number of ether oxygens (including phenoxy) is 1. The fourth-order valence-electron chi connectivity index (χ4n) is 3.00. The van der Waals surface area contributed by atoms with E-state index in [-0.39, 0.29) is 16.5 Å². The first-order valence-electron chi connectivity index (χ1n) is 9.01. The van der Waals surface area contributed by atoms with Crippen molar-refractivity contribution in [1.29, 1.82) is 0 Å². The van der Waals surface area contributed by atoms with E-state index in [4.69, 9.17) is 4.74 Å². The van der Waals surface area contributed by atoms with Crippen molar-refractivity contribution >= 4 is 33.0 Å². The standard InChI is InChI=1S/C19H20F3N3O4S/c1-13(26)23-15-3-5-16(6-4-15)30(27,28)24-17-12-14(19(20,21)22)2-7-18(17)25-8-10-29-11-9-25/h2-7,12,24H,8-11H2,1H3,(H,23,26). The SMILES string of the molecule is CC(=O)Nc1ccc(S(=O)(=O)Nc2cc(C(F)(F)F)ccc2N2CCOCC2)cc1. The van der Waals surface area contributed by atoms with Gasteiger partial charge in [-0.1, -0.05) is 0 Å². The van der Waals surface area contributed by atoms with E-state index >= 15 is 0 Å². The lowest BCUT2D eigenvalue weighted by atomic mass is 10.1. The van der Waals surface area contributed by atoms with Crippen LogP contribution in [0.25, 0.3) is 0 Å². The molecule has 1 aliphatic rings. The summed E-state index contributed by atoms with van der Waals surface area (Å²) in [5.41, 5.74) is -0.393. The van der Waals surface area contributed by atoms with Crippen molar-refractivity contribution in [2.45, 2.75) is 18.0 Å². The zero-order valence-electron chi connectivity index (χ0n) is 16.0. The number of sulfonamides is 1. The molecule has 1 fully saturated rings. The monoisotopic (exact) mass is 443 g/mol. The molecule has 2 N–H and O–H groups in total. The Hall–Kier alpha value is -2.79. The van der Waals surface area contributed by atoms with Crippen LogP contribution in [-0.2, 0) is 25.7 Å². The summed E-state index contributed by atoms with van der Waals surface area (Å²) in [6.45, 7) is 2.93. The third-order valence-electron chi connectivity index (χ3n) is 4.40. The van der Waals surface area contributed by atoms with Crippen molar-refractivity contribution in [3.05, 3.63) is 48.0 Å². The summed E-state index contributed by atoms with van der Waals surface area (Å²) < 4.78 is 72.8. The molecule has 1 amide bonds. The molecule has 1 saturated heterocycles. The van der Waals surface area contributed by atoms with Gasteiger partial charge in [0, 0.05) is 25.7 Å². The van der Waals surface area contributed by atoms with Gasteiger partial charge in [-0.3, -0.25) is 9.52 Å². The highest BCUT2D eigenvalue weighted by molar-refractivity contribution is 7.92. The number of anilines is 3. The minimum atomic E-state index is -4.62. The molecule has 0 spiro atoms. The van der Waals surface area contributed by atoms with Crippen molar-refractivity contribution in [2.75, 3.05) is 41.2 Å². The van der Waals surface area contributed by atoms with Crippen LogP contribution < -0.4 is 14.9 Å². The Bertz CT molecular complexity index is 1020. The highest BCUT2D eigenvalue weighted by Gasteiger charge is 2.32. The van der Waals surface area contributed by atoms with Crippen LogP contribution in [0.3, 0.4) is 0 Å². The van der Waals surface area contributed by atoms with E-state index in [1.807, 2.05) is 0 Å². The van der Waals surface area contributed by atoms with Gasteiger partial charge in [0.25, 0.3) is 10.0 Å². The van der Waals surface area contributed by atoms with Crippen LogP contribution in [0.4, 0.5) is 30.2 Å². The van der Waals surface area contributed by atoms with Gasteiger partial charge in [0.2, 0.25) is 5.91 Å². The molecule has 11 heteroatoms. The highest BCUT2D eigenvalue weighted by atomic mass is 32.2. The molecule has 2 aromatic rings. The molecule has 2 aromatic carbocycles. The number of hydrogen-bond acceptors (Lipinski definition) is 5. The van der Waals surface area contributed by atoms with Gasteiger partial charge in [-0.2, -0.15) is 13.2 Å². The molecule has 1 heterocycles. The second-order valence-corrected chi connectivity index (χ2v) is 8.32. The zero-order chi connectivity index (χ0) is 21.9. The van der Waals surface area contributed by atoms with Crippen LogP contribution in [0.2, 0.25) is 0 Å². The van der Waals surface area contributed by atoms with E-state index in [0.717, 1.165) is 12.1 Å². The minimum absolute atomic E-state index is 0.151. The van der Waals surface area contributed by atoms with Gasteiger partial charge in [-0.05, 0) is 42.5 Å². The lowest BCUT2D eigenvalue weighted by Crippen LogP contribution is -2.36. The average molecular weight is 443 g/mol. The van der Waals surface area contributed by atoms with E-state index in [1.54, 1.807) is 4.90 Å². The number of benzene rings is 2. The predicted molar refractivity (Wildman–Crippen MR) is 106 cm³/mol. The molecule has 0 bridgehead atoms. The van der Waals surface area contributed by atoms with Gasteiger partial charge in [0.15, 0.2) is 0 Å². The van der Waals surface area contributed by atoms with Crippen LogP contribution in [0.5, 0.6) is 0 Å². The summed E-state index contributed by atoms with van der Waals surface area (Å²) in [7, 11) is -4.17. The molecule has 30 heavy (non-hydrogen) atoms. The van der Waals surface area contributed by atoms with Crippen molar-refractivity contribution in [3.63, 3.8) is 0 Å². The van der Waals surface area contributed by atoms with Gasteiger partial charge in [-0.15, -0.1) is 0 Å². The number of alkyl halides is 3. The van der Waals surface area contributed by atoms with Gasteiger partial charge in [-0.25, -0.2) is 8.42 Å². The lowest BCUT2D eigenvalue weighted by molar-refractivity contribution is -0.137. The van der Waals surface area contributed by atoms with Crippen LogP contribution >= 0.6 is 0 Å². The molecule has 0 aromatic heterocycles. The number of carbonyl (C=O) groups excluding carboxylic acids is 1. The fourth-order valence-corrected chi connectivity index (χ4v) is 4.06. The number of halogens is 3. The Kier molecular flexibility index (Phi) is 6.22. The molecule has 0 saturated carbocycles. The second-order valence-electron chi connectivity index (χ2n) is 6.64. The van der Waals surface area contributed by atoms with Gasteiger partial charge >= 0.3 is 6.18 Å². The maximum Gasteiger partial charge on any atom is 0.416 e. The summed E-state index contributed by atoms with van der Waals surface area (Å²) in [6, 6.07) is 8.27. The van der Waals surface area contributed by atoms with Crippen molar-refractivity contribution in [2.24, 2.45) is 0 Å². The normalized spacial score (nSPS) is 15.0.